The van der Waals surface area contributed by atoms with Crippen LogP contribution in [0.5, 0.6) is 0 Å². The van der Waals surface area contributed by atoms with Crippen molar-refractivity contribution in [1.29, 1.82) is 0 Å². The van der Waals surface area contributed by atoms with E-state index in [1.165, 1.54) is 7.11 Å². The molecule has 7 heteroatoms. The molecule has 0 aromatic rings. The van der Waals surface area contributed by atoms with Gasteiger partial charge in [-0.15, -0.1) is 0 Å². The Bertz CT molecular complexity index is 496. The number of esters is 1. The maximum absolute atomic E-state index is 12.4. The number of hydrogen-bond acceptors (Lipinski definition) is 5. The molecule has 0 radical (unpaired) electrons. The molecular formula is C18H32N2O5. The molecule has 0 unspecified atom stereocenters. The van der Waals surface area contributed by atoms with E-state index in [2.05, 4.69) is 4.74 Å². The van der Waals surface area contributed by atoms with E-state index in [9.17, 15) is 14.4 Å². The van der Waals surface area contributed by atoms with Crippen molar-refractivity contribution in [3.8, 4) is 0 Å². The molecule has 0 bridgehead atoms. The van der Waals surface area contributed by atoms with Crippen molar-refractivity contribution in [2.75, 3.05) is 26.7 Å². The summed E-state index contributed by atoms with van der Waals surface area (Å²) in [5.74, 6) is -0.193. The summed E-state index contributed by atoms with van der Waals surface area (Å²) in [6.45, 7) is 10.8. The van der Waals surface area contributed by atoms with Crippen molar-refractivity contribution in [2.24, 2.45) is 0 Å². The van der Waals surface area contributed by atoms with E-state index in [1.54, 1.807) is 9.80 Å². The van der Waals surface area contributed by atoms with Crippen LogP contribution in [-0.2, 0) is 19.1 Å². The van der Waals surface area contributed by atoms with Gasteiger partial charge in [0.2, 0.25) is 5.91 Å². The van der Waals surface area contributed by atoms with Crippen molar-refractivity contribution in [3.05, 3.63) is 0 Å². The van der Waals surface area contributed by atoms with Crippen molar-refractivity contribution in [1.82, 2.24) is 9.80 Å². The lowest BCUT2D eigenvalue weighted by molar-refractivity contribution is -0.141. The number of nitrogens with zero attached hydrogens (tertiary/aromatic N) is 2. The normalized spacial score (nSPS) is 17.2. The molecule has 1 aliphatic rings. The number of carbonyl (C=O) groups excluding carboxylic acids is 3. The summed E-state index contributed by atoms with van der Waals surface area (Å²) in [7, 11) is 1.36. The number of methoxy groups -OCH3 is 1. The minimum Gasteiger partial charge on any atom is -0.469 e. The van der Waals surface area contributed by atoms with Crippen molar-refractivity contribution >= 4 is 18.0 Å². The molecule has 144 valence electrons. The minimum atomic E-state index is -0.542. The van der Waals surface area contributed by atoms with Crippen LogP contribution < -0.4 is 0 Å². The number of piperazine rings is 1. The van der Waals surface area contributed by atoms with Crippen LogP contribution in [0.25, 0.3) is 0 Å². The van der Waals surface area contributed by atoms with Gasteiger partial charge in [-0.05, 0) is 47.5 Å². The Balaban J connectivity index is 2.51. The van der Waals surface area contributed by atoms with Gasteiger partial charge >= 0.3 is 12.1 Å². The van der Waals surface area contributed by atoms with Gasteiger partial charge in [0.25, 0.3) is 0 Å². The highest BCUT2D eigenvalue weighted by atomic mass is 16.6. The van der Waals surface area contributed by atoms with Crippen LogP contribution >= 0.6 is 0 Å². The zero-order chi connectivity index (χ0) is 19.3. The average molecular weight is 356 g/mol. The Labute approximate surface area is 150 Å². The molecule has 1 fully saturated rings. The molecule has 2 amide bonds. The summed E-state index contributed by atoms with van der Waals surface area (Å²) in [5, 5.41) is 0. The van der Waals surface area contributed by atoms with Gasteiger partial charge in [-0.25, -0.2) is 4.79 Å². The van der Waals surface area contributed by atoms with Crippen LogP contribution in [0.2, 0.25) is 0 Å². The van der Waals surface area contributed by atoms with Crippen molar-refractivity contribution in [3.63, 3.8) is 0 Å². The highest BCUT2D eigenvalue weighted by Gasteiger charge is 2.40. The fourth-order valence-corrected chi connectivity index (χ4v) is 2.83. The monoisotopic (exact) mass is 356 g/mol. The molecule has 0 aromatic carbocycles. The number of hydrogen-bond donors (Lipinski definition) is 0. The third kappa shape index (κ3) is 6.92. The predicted molar refractivity (Wildman–Crippen MR) is 94.1 cm³/mol. The number of carbonyl (C=O) groups is 3. The lowest BCUT2D eigenvalue weighted by atomic mass is 9.99. The second kappa shape index (κ2) is 8.54. The molecule has 7 nitrogen and oxygen atoms in total. The third-order valence-corrected chi connectivity index (χ3v) is 4.12. The molecule has 0 saturated carbocycles. The third-order valence-electron chi connectivity index (χ3n) is 4.12. The second-order valence-electron chi connectivity index (χ2n) is 8.04. The molecule has 0 spiro atoms. The van der Waals surface area contributed by atoms with Gasteiger partial charge in [0.15, 0.2) is 0 Å². The Morgan fingerprint density at radius 2 is 1.64 bits per heavy atom. The van der Waals surface area contributed by atoms with Crippen LogP contribution in [0.3, 0.4) is 0 Å². The zero-order valence-corrected chi connectivity index (χ0v) is 16.4. The predicted octanol–water partition coefficient (Wildman–Crippen LogP) is 2.58. The summed E-state index contributed by atoms with van der Waals surface area (Å²) in [6, 6.07) is 0. The number of ether oxygens (including phenoxy) is 2. The molecule has 1 heterocycles. The maximum Gasteiger partial charge on any atom is 0.410 e. The first-order chi connectivity index (χ1) is 11.5. The molecule has 0 aliphatic carbocycles. The van der Waals surface area contributed by atoms with E-state index in [1.807, 2.05) is 34.6 Å². The smallest absolute Gasteiger partial charge is 0.410 e. The number of unbranched alkanes of at least 4 members (excludes halogenated alkanes) is 1. The topological polar surface area (TPSA) is 76.2 Å². The van der Waals surface area contributed by atoms with Gasteiger partial charge in [-0.1, -0.05) is 0 Å². The van der Waals surface area contributed by atoms with Crippen LogP contribution in [0.15, 0.2) is 0 Å². The zero-order valence-electron chi connectivity index (χ0n) is 16.4. The standard InChI is InChI=1S/C18H32N2O5/c1-17(2,3)25-16(23)20-12-11-19(13-18(20,4)5)14(21)9-7-8-10-15(22)24-6/h7-13H2,1-6H3. The fourth-order valence-electron chi connectivity index (χ4n) is 2.83. The first-order valence-corrected chi connectivity index (χ1v) is 8.81. The van der Waals surface area contributed by atoms with Gasteiger partial charge in [0, 0.05) is 32.5 Å². The molecule has 25 heavy (non-hydrogen) atoms. The van der Waals surface area contributed by atoms with Crippen molar-refractivity contribution < 1.29 is 23.9 Å². The van der Waals surface area contributed by atoms with Gasteiger partial charge in [0.05, 0.1) is 12.6 Å². The molecule has 0 atom stereocenters. The molecule has 1 rings (SSSR count). The Kier molecular flexibility index (Phi) is 7.26. The maximum atomic E-state index is 12.4. The van der Waals surface area contributed by atoms with E-state index < -0.39 is 11.1 Å². The molecule has 0 aromatic heterocycles. The van der Waals surface area contributed by atoms with E-state index in [0.717, 1.165) is 0 Å². The lowest BCUT2D eigenvalue weighted by Crippen LogP contribution is -2.62. The van der Waals surface area contributed by atoms with E-state index in [-0.39, 0.29) is 18.0 Å². The second-order valence-corrected chi connectivity index (χ2v) is 8.04. The van der Waals surface area contributed by atoms with Crippen molar-refractivity contribution in [2.45, 2.75) is 71.4 Å². The Morgan fingerprint density at radius 1 is 1.04 bits per heavy atom. The van der Waals surface area contributed by atoms with E-state index >= 15 is 0 Å². The quantitative estimate of drug-likeness (QED) is 0.559. The van der Waals surface area contributed by atoms with Crippen LogP contribution in [0.1, 0.15) is 60.3 Å². The summed E-state index contributed by atoms with van der Waals surface area (Å²) < 4.78 is 10.0. The van der Waals surface area contributed by atoms with Gasteiger partial charge < -0.3 is 14.4 Å². The Hall–Kier alpha value is -1.79. The lowest BCUT2D eigenvalue weighted by Gasteiger charge is -2.47. The highest BCUT2D eigenvalue weighted by molar-refractivity contribution is 5.77. The summed E-state index contributed by atoms with van der Waals surface area (Å²) in [4.78, 5) is 39.3. The SMILES string of the molecule is COC(=O)CCCCC(=O)N1CCN(C(=O)OC(C)(C)C)C(C)(C)C1. The van der Waals surface area contributed by atoms with Crippen LogP contribution in [0, 0.1) is 0 Å². The Morgan fingerprint density at radius 3 is 2.16 bits per heavy atom. The van der Waals surface area contributed by atoms with Crippen LogP contribution in [-0.4, -0.2) is 65.7 Å². The van der Waals surface area contributed by atoms with Crippen LogP contribution in [0.4, 0.5) is 4.79 Å². The van der Waals surface area contributed by atoms with Gasteiger partial charge in [0.1, 0.15) is 5.60 Å². The largest absolute Gasteiger partial charge is 0.469 e. The number of rotatable bonds is 5. The first kappa shape index (κ1) is 21.3. The number of amides is 2. The first-order valence-electron chi connectivity index (χ1n) is 8.81. The molecular weight excluding hydrogens is 324 g/mol. The van der Waals surface area contributed by atoms with Gasteiger partial charge in [-0.2, -0.15) is 0 Å². The average Bonchev–Trinajstić information content (AvgIpc) is 2.47. The fraction of sp³-hybridized carbons (Fsp3) is 0.833. The van der Waals surface area contributed by atoms with E-state index in [0.29, 0.717) is 45.3 Å². The summed E-state index contributed by atoms with van der Waals surface area (Å²) >= 11 is 0. The molecule has 0 N–H and O–H groups in total. The van der Waals surface area contributed by atoms with E-state index in [4.69, 9.17) is 4.74 Å². The molecule has 1 saturated heterocycles. The highest BCUT2D eigenvalue weighted by Crippen LogP contribution is 2.24. The minimum absolute atomic E-state index is 0.0572. The summed E-state index contributed by atoms with van der Waals surface area (Å²) in [6.07, 6.45) is 1.68. The summed E-state index contributed by atoms with van der Waals surface area (Å²) in [5.41, 5.74) is -1.03. The molecule has 1 aliphatic heterocycles. The van der Waals surface area contributed by atoms with Gasteiger partial charge in [-0.3, -0.25) is 14.5 Å².